The van der Waals surface area contributed by atoms with Gasteiger partial charge >= 0.3 is 0 Å². The summed E-state index contributed by atoms with van der Waals surface area (Å²) >= 11 is 5.87. The molecule has 29 heavy (non-hydrogen) atoms. The van der Waals surface area contributed by atoms with Gasteiger partial charge in [-0.1, -0.05) is 23.7 Å². The predicted molar refractivity (Wildman–Crippen MR) is 117 cm³/mol. The quantitative estimate of drug-likeness (QED) is 0.574. The third kappa shape index (κ3) is 6.94. The Labute approximate surface area is 177 Å². The van der Waals surface area contributed by atoms with Gasteiger partial charge in [0.2, 0.25) is 15.9 Å². The van der Waals surface area contributed by atoms with Gasteiger partial charge in [0.05, 0.1) is 18.6 Å². The number of amides is 1. The van der Waals surface area contributed by atoms with Crippen LogP contribution in [0.5, 0.6) is 5.75 Å². The Balaban J connectivity index is 1.98. The number of benzene rings is 2. The zero-order valence-electron chi connectivity index (χ0n) is 16.9. The van der Waals surface area contributed by atoms with Crippen LogP contribution in [-0.4, -0.2) is 39.8 Å². The molecule has 2 aromatic carbocycles. The second-order valence-electron chi connectivity index (χ2n) is 6.68. The van der Waals surface area contributed by atoms with E-state index < -0.39 is 16.1 Å². The number of rotatable bonds is 10. The molecule has 0 spiro atoms. The molecule has 0 aliphatic carbocycles. The van der Waals surface area contributed by atoms with E-state index in [1.807, 2.05) is 31.2 Å². The molecule has 158 valence electrons. The highest BCUT2D eigenvalue weighted by atomic mass is 35.5. The molecular formula is C21H27ClN2O4S. The van der Waals surface area contributed by atoms with Crippen molar-refractivity contribution in [1.82, 2.24) is 5.32 Å². The Hall–Kier alpha value is -2.25. The van der Waals surface area contributed by atoms with Gasteiger partial charge in [-0.15, -0.1) is 0 Å². The van der Waals surface area contributed by atoms with Crippen LogP contribution in [0.4, 0.5) is 5.69 Å². The number of hydrogen-bond acceptors (Lipinski definition) is 4. The van der Waals surface area contributed by atoms with Crippen molar-refractivity contribution >= 4 is 33.2 Å². The molecular weight excluding hydrogens is 412 g/mol. The van der Waals surface area contributed by atoms with Crippen LogP contribution in [0.3, 0.4) is 0 Å². The van der Waals surface area contributed by atoms with Gasteiger partial charge in [-0.2, -0.15) is 0 Å². The lowest BCUT2D eigenvalue weighted by molar-refractivity contribution is -0.121. The highest BCUT2D eigenvalue weighted by Crippen LogP contribution is 2.24. The van der Waals surface area contributed by atoms with Crippen molar-refractivity contribution in [1.29, 1.82) is 0 Å². The van der Waals surface area contributed by atoms with Crippen LogP contribution in [0.1, 0.15) is 25.8 Å². The van der Waals surface area contributed by atoms with Crippen LogP contribution >= 0.6 is 11.6 Å². The van der Waals surface area contributed by atoms with Gasteiger partial charge in [0.25, 0.3) is 0 Å². The van der Waals surface area contributed by atoms with Crippen molar-refractivity contribution in [3.05, 3.63) is 59.1 Å². The highest BCUT2D eigenvalue weighted by Gasteiger charge is 2.28. The van der Waals surface area contributed by atoms with Crippen molar-refractivity contribution in [3.8, 4) is 5.75 Å². The molecule has 0 bridgehead atoms. The fraction of sp³-hybridized carbons (Fsp3) is 0.381. The molecule has 1 atom stereocenters. The summed E-state index contributed by atoms with van der Waals surface area (Å²) < 4.78 is 31.2. The number of aryl methyl sites for hydroxylation is 1. The largest absolute Gasteiger partial charge is 0.494 e. The first-order valence-electron chi connectivity index (χ1n) is 9.46. The molecule has 1 N–H and O–H groups in total. The van der Waals surface area contributed by atoms with E-state index >= 15 is 0 Å². The summed E-state index contributed by atoms with van der Waals surface area (Å²) in [5, 5.41) is 3.51. The van der Waals surface area contributed by atoms with Crippen molar-refractivity contribution in [3.63, 3.8) is 0 Å². The molecule has 1 amide bonds. The topological polar surface area (TPSA) is 75.7 Å². The highest BCUT2D eigenvalue weighted by molar-refractivity contribution is 7.92. The molecule has 0 unspecified atom stereocenters. The minimum Gasteiger partial charge on any atom is -0.494 e. The fourth-order valence-electron chi connectivity index (χ4n) is 2.97. The SMILES string of the molecule is CCOc1ccc(N([C@@H](C)C(=O)NCCCc2ccc(Cl)cc2)S(C)(=O)=O)cc1. The van der Waals surface area contributed by atoms with Crippen LogP contribution in [0.2, 0.25) is 5.02 Å². The first-order valence-corrected chi connectivity index (χ1v) is 11.7. The number of nitrogens with zero attached hydrogens (tertiary/aromatic N) is 1. The van der Waals surface area contributed by atoms with Gasteiger partial charge < -0.3 is 10.1 Å². The Morgan fingerprint density at radius 1 is 1.14 bits per heavy atom. The summed E-state index contributed by atoms with van der Waals surface area (Å²) in [4.78, 5) is 12.6. The van der Waals surface area contributed by atoms with Gasteiger partial charge in [0, 0.05) is 11.6 Å². The second kappa shape index (κ2) is 10.5. The summed E-state index contributed by atoms with van der Waals surface area (Å²) in [7, 11) is -3.65. The summed E-state index contributed by atoms with van der Waals surface area (Å²) in [6.07, 6.45) is 2.62. The van der Waals surface area contributed by atoms with E-state index in [9.17, 15) is 13.2 Å². The molecule has 0 aromatic heterocycles. The Bertz CT molecular complexity index is 899. The number of hydrogen-bond donors (Lipinski definition) is 1. The summed E-state index contributed by atoms with van der Waals surface area (Å²) in [6, 6.07) is 13.3. The molecule has 0 fully saturated rings. The molecule has 0 radical (unpaired) electrons. The normalized spacial score (nSPS) is 12.3. The zero-order valence-corrected chi connectivity index (χ0v) is 18.5. The number of nitrogens with one attached hydrogen (secondary N) is 1. The number of carbonyl (C=O) groups excluding carboxylic acids is 1. The van der Waals surface area contributed by atoms with E-state index in [4.69, 9.17) is 16.3 Å². The first kappa shape index (κ1) is 23.0. The minimum absolute atomic E-state index is 0.347. The lowest BCUT2D eigenvalue weighted by atomic mass is 10.1. The number of anilines is 1. The third-order valence-corrected chi connectivity index (χ3v) is 5.84. The minimum atomic E-state index is -3.65. The number of ether oxygens (including phenoxy) is 1. The maximum Gasteiger partial charge on any atom is 0.243 e. The van der Waals surface area contributed by atoms with E-state index in [0.717, 1.165) is 29.0 Å². The summed E-state index contributed by atoms with van der Waals surface area (Å²) in [5.74, 6) is 0.296. The standard InChI is InChI=1S/C21H27ClN2O4S/c1-4-28-20-13-11-19(12-14-20)24(29(3,26)27)16(2)21(25)23-15-5-6-17-7-9-18(22)10-8-17/h7-14,16H,4-6,15H2,1-3H3,(H,23,25)/t16-/m0/s1. The van der Waals surface area contributed by atoms with Gasteiger partial charge in [0.15, 0.2) is 0 Å². The molecule has 6 nitrogen and oxygen atoms in total. The van der Waals surface area contributed by atoms with E-state index in [1.54, 1.807) is 31.2 Å². The van der Waals surface area contributed by atoms with E-state index in [2.05, 4.69) is 5.32 Å². The van der Waals surface area contributed by atoms with Crippen molar-refractivity contribution < 1.29 is 17.9 Å². The maximum absolute atomic E-state index is 12.6. The molecule has 8 heteroatoms. The number of carbonyl (C=O) groups is 1. The summed E-state index contributed by atoms with van der Waals surface area (Å²) in [5.41, 5.74) is 1.55. The van der Waals surface area contributed by atoms with Crippen LogP contribution in [0.15, 0.2) is 48.5 Å². The molecule has 0 saturated carbocycles. The number of sulfonamides is 1. The van der Waals surface area contributed by atoms with Crippen molar-refractivity contribution in [2.75, 3.05) is 23.7 Å². The zero-order chi connectivity index (χ0) is 21.4. The molecule has 0 saturated heterocycles. The van der Waals surface area contributed by atoms with Gasteiger partial charge in [-0.05, 0) is 68.7 Å². The third-order valence-electron chi connectivity index (χ3n) is 4.35. The average Bonchev–Trinajstić information content (AvgIpc) is 2.67. The fourth-order valence-corrected chi connectivity index (χ4v) is 4.27. The summed E-state index contributed by atoms with van der Waals surface area (Å²) in [6.45, 7) is 4.42. The Kier molecular flexibility index (Phi) is 8.34. The number of halogens is 1. The monoisotopic (exact) mass is 438 g/mol. The van der Waals surface area contributed by atoms with Gasteiger partial charge in [-0.25, -0.2) is 8.42 Å². The van der Waals surface area contributed by atoms with E-state index in [0.29, 0.717) is 29.6 Å². The Morgan fingerprint density at radius 3 is 2.31 bits per heavy atom. The van der Waals surface area contributed by atoms with Crippen molar-refractivity contribution in [2.24, 2.45) is 0 Å². The smallest absolute Gasteiger partial charge is 0.243 e. The van der Waals surface area contributed by atoms with Gasteiger partial charge in [-0.3, -0.25) is 9.10 Å². The van der Waals surface area contributed by atoms with E-state index in [1.165, 1.54) is 0 Å². The van der Waals surface area contributed by atoms with Crippen LogP contribution in [0.25, 0.3) is 0 Å². The first-order chi connectivity index (χ1) is 13.7. The maximum atomic E-state index is 12.6. The van der Waals surface area contributed by atoms with E-state index in [-0.39, 0.29) is 5.91 Å². The predicted octanol–water partition coefficient (Wildman–Crippen LogP) is 3.64. The molecule has 0 aliphatic heterocycles. The van der Waals surface area contributed by atoms with Crippen LogP contribution < -0.4 is 14.4 Å². The molecule has 0 aliphatic rings. The molecule has 2 aromatic rings. The van der Waals surface area contributed by atoms with Crippen LogP contribution in [0, 0.1) is 0 Å². The lowest BCUT2D eigenvalue weighted by Gasteiger charge is -2.28. The second-order valence-corrected chi connectivity index (χ2v) is 8.98. The molecule has 2 rings (SSSR count). The van der Waals surface area contributed by atoms with Gasteiger partial charge in [0.1, 0.15) is 11.8 Å². The van der Waals surface area contributed by atoms with Crippen LogP contribution in [-0.2, 0) is 21.2 Å². The average molecular weight is 439 g/mol. The molecule has 0 heterocycles. The van der Waals surface area contributed by atoms with Crippen molar-refractivity contribution in [2.45, 2.75) is 32.7 Å². The lowest BCUT2D eigenvalue weighted by Crippen LogP contribution is -2.48. The Morgan fingerprint density at radius 2 is 1.76 bits per heavy atom.